The number of amides is 1. The van der Waals surface area contributed by atoms with Crippen molar-refractivity contribution >= 4 is 27.6 Å². The first-order chi connectivity index (χ1) is 14.2. The quantitative estimate of drug-likeness (QED) is 0.675. The van der Waals surface area contributed by atoms with Gasteiger partial charge in [0.2, 0.25) is 15.9 Å². The molecule has 160 valence electrons. The predicted molar refractivity (Wildman–Crippen MR) is 113 cm³/mol. The van der Waals surface area contributed by atoms with Crippen molar-refractivity contribution in [3.8, 4) is 11.1 Å². The summed E-state index contributed by atoms with van der Waals surface area (Å²) in [5, 5.41) is 2.71. The van der Waals surface area contributed by atoms with E-state index < -0.39 is 28.1 Å². The van der Waals surface area contributed by atoms with Crippen molar-refractivity contribution in [2.45, 2.75) is 36.7 Å². The van der Waals surface area contributed by atoms with Crippen LogP contribution in [-0.4, -0.2) is 50.3 Å². The summed E-state index contributed by atoms with van der Waals surface area (Å²) in [5.41, 5.74) is 7.86. The van der Waals surface area contributed by atoms with Gasteiger partial charge in [-0.05, 0) is 55.2 Å². The van der Waals surface area contributed by atoms with Gasteiger partial charge >= 0.3 is 5.97 Å². The minimum Gasteiger partial charge on any atom is -0.468 e. The average Bonchev–Trinajstić information content (AvgIpc) is 3.24. The van der Waals surface area contributed by atoms with Crippen LogP contribution >= 0.6 is 0 Å². The van der Waals surface area contributed by atoms with E-state index in [9.17, 15) is 18.0 Å². The van der Waals surface area contributed by atoms with Crippen LogP contribution in [0, 0.1) is 0 Å². The number of carbonyl (C=O) groups is 2. The van der Waals surface area contributed by atoms with Crippen LogP contribution in [0.25, 0.3) is 11.1 Å². The number of ether oxygens (including phenoxy) is 1. The SMILES string of the molecule is COC(=O)[C@@H]1CCCN1S(=O)(=O)c1ccc(-c2ccc(NC(=O)[C@@H](C)N)cc2)cc1. The molecule has 3 rings (SSSR count). The standard InChI is InChI=1S/C21H25N3O5S/c1-14(22)20(25)23-17-9-5-15(6-10-17)16-7-11-18(12-8-16)30(27,28)24-13-3-4-19(24)21(26)29-2/h5-12,14,19H,3-4,13,22H2,1-2H3,(H,23,25)/t14-,19+/m1/s1. The number of rotatable bonds is 6. The fraction of sp³-hybridized carbons (Fsp3) is 0.333. The van der Waals surface area contributed by atoms with Crippen LogP contribution in [0.3, 0.4) is 0 Å². The van der Waals surface area contributed by atoms with Gasteiger partial charge in [-0.25, -0.2) is 8.42 Å². The highest BCUT2D eigenvalue weighted by Crippen LogP contribution is 2.29. The molecule has 0 spiro atoms. The van der Waals surface area contributed by atoms with Crippen molar-refractivity contribution < 1.29 is 22.7 Å². The summed E-state index contributed by atoms with van der Waals surface area (Å²) >= 11 is 0. The van der Waals surface area contributed by atoms with Gasteiger partial charge in [-0.1, -0.05) is 24.3 Å². The number of hydrogen-bond donors (Lipinski definition) is 2. The fourth-order valence-corrected chi connectivity index (χ4v) is 5.00. The van der Waals surface area contributed by atoms with Gasteiger partial charge in [0.15, 0.2) is 0 Å². The molecule has 0 radical (unpaired) electrons. The minimum atomic E-state index is -3.80. The van der Waals surface area contributed by atoms with Crippen LogP contribution in [0.5, 0.6) is 0 Å². The number of esters is 1. The molecule has 1 heterocycles. The summed E-state index contributed by atoms with van der Waals surface area (Å²) in [7, 11) is -2.54. The Bertz CT molecular complexity index is 1020. The highest BCUT2D eigenvalue weighted by Gasteiger charge is 2.40. The molecule has 1 saturated heterocycles. The Hall–Kier alpha value is -2.75. The summed E-state index contributed by atoms with van der Waals surface area (Å²) in [5.74, 6) is -0.812. The van der Waals surface area contributed by atoms with E-state index in [1.807, 2.05) is 12.1 Å². The van der Waals surface area contributed by atoms with Crippen molar-refractivity contribution in [1.82, 2.24) is 4.31 Å². The number of benzene rings is 2. The zero-order valence-electron chi connectivity index (χ0n) is 16.9. The summed E-state index contributed by atoms with van der Waals surface area (Å²) in [4.78, 5) is 23.7. The Morgan fingerprint density at radius 2 is 1.67 bits per heavy atom. The van der Waals surface area contributed by atoms with Crippen LogP contribution in [0.4, 0.5) is 5.69 Å². The molecule has 9 heteroatoms. The summed E-state index contributed by atoms with van der Waals surface area (Å²) in [6, 6.07) is 12.3. The van der Waals surface area contributed by atoms with E-state index >= 15 is 0 Å². The molecule has 1 fully saturated rings. The number of nitrogens with two attached hydrogens (primary N) is 1. The first-order valence-electron chi connectivity index (χ1n) is 9.60. The second kappa shape index (κ2) is 8.95. The maximum atomic E-state index is 13.0. The van der Waals surface area contributed by atoms with Crippen LogP contribution in [0.1, 0.15) is 19.8 Å². The monoisotopic (exact) mass is 431 g/mol. The molecule has 0 aromatic heterocycles. The van der Waals surface area contributed by atoms with Crippen molar-refractivity contribution in [2.24, 2.45) is 5.73 Å². The summed E-state index contributed by atoms with van der Waals surface area (Å²) in [6.07, 6.45) is 1.07. The molecule has 0 unspecified atom stereocenters. The number of methoxy groups -OCH3 is 1. The van der Waals surface area contributed by atoms with E-state index in [2.05, 4.69) is 5.32 Å². The number of anilines is 1. The fourth-order valence-electron chi connectivity index (χ4n) is 3.36. The van der Waals surface area contributed by atoms with E-state index in [4.69, 9.17) is 10.5 Å². The van der Waals surface area contributed by atoms with Crippen LogP contribution in [-0.2, 0) is 24.3 Å². The lowest BCUT2D eigenvalue weighted by Gasteiger charge is -2.22. The highest BCUT2D eigenvalue weighted by atomic mass is 32.2. The molecule has 0 saturated carbocycles. The molecule has 1 aliphatic heterocycles. The van der Waals surface area contributed by atoms with Gasteiger partial charge in [0.1, 0.15) is 6.04 Å². The van der Waals surface area contributed by atoms with E-state index in [1.165, 1.54) is 23.5 Å². The smallest absolute Gasteiger partial charge is 0.324 e. The maximum absolute atomic E-state index is 13.0. The molecule has 8 nitrogen and oxygen atoms in total. The molecule has 2 aromatic carbocycles. The van der Waals surface area contributed by atoms with Crippen LogP contribution < -0.4 is 11.1 Å². The Balaban J connectivity index is 1.77. The third-order valence-corrected chi connectivity index (χ3v) is 6.96. The molecular formula is C21H25N3O5S. The van der Waals surface area contributed by atoms with Crippen molar-refractivity contribution in [3.05, 3.63) is 48.5 Å². The number of carbonyl (C=O) groups excluding carboxylic acids is 2. The molecule has 2 atom stereocenters. The molecule has 0 bridgehead atoms. The maximum Gasteiger partial charge on any atom is 0.324 e. The van der Waals surface area contributed by atoms with Gasteiger partial charge in [0, 0.05) is 12.2 Å². The lowest BCUT2D eigenvalue weighted by molar-refractivity contribution is -0.144. The second-order valence-electron chi connectivity index (χ2n) is 7.18. The number of nitrogens with zero attached hydrogens (tertiary/aromatic N) is 1. The summed E-state index contributed by atoms with van der Waals surface area (Å²) < 4.78 is 31.9. The Morgan fingerprint density at radius 1 is 1.10 bits per heavy atom. The van der Waals surface area contributed by atoms with Crippen LogP contribution in [0.2, 0.25) is 0 Å². The molecule has 30 heavy (non-hydrogen) atoms. The van der Waals surface area contributed by atoms with E-state index in [0.717, 1.165) is 11.1 Å². The molecule has 1 aliphatic rings. The molecule has 1 amide bonds. The van der Waals surface area contributed by atoms with Gasteiger partial charge in [-0.2, -0.15) is 4.31 Å². The van der Waals surface area contributed by atoms with Crippen molar-refractivity contribution in [1.29, 1.82) is 0 Å². The Labute approximate surface area is 176 Å². The van der Waals surface area contributed by atoms with Gasteiger partial charge in [0.05, 0.1) is 18.0 Å². The molecule has 2 aromatic rings. The normalized spacial score (nSPS) is 18.0. The second-order valence-corrected chi connectivity index (χ2v) is 9.07. The van der Waals surface area contributed by atoms with Gasteiger partial charge < -0.3 is 15.8 Å². The van der Waals surface area contributed by atoms with E-state index in [1.54, 1.807) is 31.2 Å². The topological polar surface area (TPSA) is 119 Å². The Morgan fingerprint density at radius 3 is 2.20 bits per heavy atom. The average molecular weight is 432 g/mol. The van der Waals surface area contributed by atoms with E-state index in [0.29, 0.717) is 25.1 Å². The minimum absolute atomic E-state index is 0.128. The number of nitrogens with one attached hydrogen (secondary N) is 1. The third-order valence-electron chi connectivity index (χ3n) is 5.04. The van der Waals surface area contributed by atoms with Crippen molar-refractivity contribution in [2.75, 3.05) is 19.0 Å². The summed E-state index contributed by atoms with van der Waals surface area (Å²) in [6.45, 7) is 1.90. The molecular weight excluding hydrogens is 406 g/mol. The van der Waals surface area contributed by atoms with Gasteiger partial charge in [0.25, 0.3) is 0 Å². The number of sulfonamides is 1. The van der Waals surface area contributed by atoms with Crippen LogP contribution in [0.15, 0.2) is 53.4 Å². The molecule has 3 N–H and O–H groups in total. The Kier molecular flexibility index (Phi) is 6.55. The first-order valence-corrected chi connectivity index (χ1v) is 11.0. The third kappa shape index (κ3) is 4.53. The van der Waals surface area contributed by atoms with Crippen molar-refractivity contribution in [3.63, 3.8) is 0 Å². The number of hydrogen-bond acceptors (Lipinski definition) is 6. The first kappa shape index (κ1) is 21.9. The largest absolute Gasteiger partial charge is 0.468 e. The zero-order chi connectivity index (χ0) is 21.9. The molecule has 0 aliphatic carbocycles. The van der Waals surface area contributed by atoms with E-state index in [-0.39, 0.29) is 10.8 Å². The van der Waals surface area contributed by atoms with Gasteiger partial charge in [-0.3, -0.25) is 9.59 Å². The lowest BCUT2D eigenvalue weighted by atomic mass is 10.1. The zero-order valence-corrected chi connectivity index (χ0v) is 17.7. The highest BCUT2D eigenvalue weighted by molar-refractivity contribution is 7.89. The van der Waals surface area contributed by atoms with Gasteiger partial charge in [-0.15, -0.1) is 0 Å². The predicted octanol–water partition coefficient (Wildman–Crippen LogP) is 1.97. The lowest BCUT2D eigenvalue weighted by Crippen LogP contribution is -2.40.